The van der Waals surface area contributed by atoms with E-state index in [0.29, 0.717) is 89.2 Å². The maximum atomic E-state index is 14.7. The highest BCUT2D eigenvalue weighted by Gasteiger charge is 2.62. The third kappa shape index (κ3) is 12.4. The largest absolute Gasteiger partial charge is 0.508 e. The van der Waals surface area contributed by atoms with Gasteiger partial charge in [-0.1, -0.05) is 141 Å². The molecule has 1 aromatic heterocycles. The van der Waals surface area contributed by atoms with E-state index >= 15 is 0 Å². The fourth-order valence-electron chi connectivity index (χ4n) is 20.7. The molecule has 5 fully saturated rings. The molecule has 11 nitrogen and oxygen atoms in total. The van der Waals surface area contributed by atoms with Crippen LogP contribution in [-0.2, 0) is 36.2 Å². The predicted molar refractivity (Wildman–Crippen MR) is 375 cm³/mol. The van der Waals surface area contributed by atoms with Crippen molar-refractivity contribution >= 4 is 54.7 Å². The van der Waals surface area contributed by atoms with Gasteiger partial charge in [0.15, 0.2) is 23.1 Å². The molecule has 4 aromatic carbocycles. The van der Waals surface area contributed by atoms with Crippen LogP contribution in [0.25, 0.3) is 0 Å². The van der Waals surface area contributed by atoms with Crippen LogP contribution in [0.4, 0.5) is 0 Å². The average molecular weight is 1330 g/mol. The number of nitrogens with one attached hydrogen (secondary N) is 1. The van der Waals surface area contributed by atoms with Crippen LogP contribution in [0.5, 0.6) is 17.2 Å². The zero-order valence-corrected chi connectivity index (χ0v) is 56.6. The Morgan fingerprint density at radius 3 is 2.44 bits per heavy atom. The van der Waals surface area contributed by atoms with Crippen molar-refractivity contribution in [3.63, 3.8) is 0 Å². The van der Waals surface area contributed by atoms with E-state index < -0.39 is 28.7 Å². The van der Waals surface area contributed by atoms with Gasteiger partial charge in [-0.3, -0.25) is 9.59 Å². The minimum Gasteiger partial charge on any atom is -0.508 e. The Hall–Kier alpha value is -4.86. The quantitative estimate of drug-likeness (QED) is 0.0358. The predicted octanol–water partition coefficient (Wildman–Crippen LogP) is 14.4. The molecule has 15 heteroatoms. The number of hydrogen-bond acceptors (Lipinski definition) is 14. The average Bonchev–Trinajstić information content (AvgIpc) is 1.58. The van der Waals surface area contributed by atoms with E-state index in [-0.39, 0.29) is 95.8 Å². The highest BCUT2D eigenvalue weighted by Crippen LogP contribution is 2.67. The number of rotatable bonds is 2. The van der Waals surface area contributed by atoms with Crippen molar-refractivity contribution in [3.05, 3.63) is 171 Å². The molecule has 2 aliphatic heterocycles. The Morgan fingerprint density at radius 2 is 1.59 bits per heavy atom. The topological polar surface area (TPSA) is 212 Å². The van der Waals surface area contributed by atoms with Crippen LogP contribution >= 0.6 is 43.2 Å². The fraction of sp³-hybridized carbons (Fsp3) is 0.538. The summed E-state index contributed by atoms with van der Waals surface area (Å²) in [7, 11) is 7.16. The van der Waals surface area contributed by atoms with E-state index in [1.165, 1.54) is 56.1 Å². The number of hydrogen-bond donors (Lipinski definition) is 8. The molecule has 10 N–H and O–H groups in total. The van der Waals surface area contributed by atoms with Crippen molar-refractivity contribution in [2.45, 2.75) is 169 Å². The molecule has 0 saturated heterocycles. The summed E-state index contributed by atoms with van der Waals surface area (Å²) in [6, 6.07) is 25.7. The van der Waals surface area contributed by atoms with Gasteiger partial charge in [-0.2, -0.15) is 0 Å². The van der Waals surface area contributed by atoms with Crippen molar-refractivity contribution in [3.8, 4) is 29.1 Å². The molecule has 17 bridgehead atoms. The highest BCUT2D eigenvalue weighted by molar-refractivity contribution is 8.77. The maximum absolute atomic E-state index is 14.7. The number of allylic oxidation sites excluding steroid dienone is 3. The van der Waals surface area contributed by atoms with Gasteiger partial charge >= 0.3 is 0 Å². The Kier molecular flexibility index (Phi) is 18.1. The van der Waals surface area contributed by atoms with E-state index in [4.69, 9.17) is 16.2 Å². The van der Waals surface area contributed by atoms with Crippen LogP contribution in [0.3, 0.4) is 0 Å². The second-order valence-electron chi connectivity index (χ2n) is 30.3. The molecule has 15 unspecified atom stereocenters. The van der Waals surface area contributed by atoms with Gasteiger partial charge in [0, 0.05) is 76.9 Å². The maximum Gasteiger partial charge on any atom is 0.165 e. The van der Waals surface area contributed by atoms with Crippen molar-refractivity contribution in [2.75, 3.05) is 24.7 Å². The first-order chi connectivity index (χ1) is 45.1. The molecule has 15 atom stereocenters. The molecule has 5 aromatic rings. The van der Waals surface area contributed by atoms with Crippen LogP contribution in [0.1, 0.15) is 187 Å². The monoisotopic (exact) mass is 1330 g/mol. The summed E-state index contributed by atoms with van der Waals surface area (Å²) in [5, 5.41) is 62.7. The van der Waals surface area contributed by atoms with E-state index in [2.05, 4.69) is 65.4 Å². The molecule has 2 spiro atoms. The zero-order chi connectivity index (χ0) is 63.8. The number of ketones is 2. The first-order valence-corrected chi connectivity index (χ1v) is 39.6. The minimum atomic E-state index is -1.15. The number of aliphatic hydroxyl groups excluding tert-OH is 1. The van der Waals surface area contributed by atoms with Crippen molar-refractivity contribution in [2.24, 2.45) is 75.6 Å². The van der Waals surface area contributed by atoms with Crippen LogP contribution in [-0.4, -0.2) is 83.3 Å². The zero-order valence-electron chi connectivity index (χ0n) is 53.3. The fourth-order valence-corrected chi connectivity index (χ4v) is 26.5. The van der Waals surface area contributed by atoms with Crippen LogP contribution in [0.15, 0.2) is 109 Å². The Bertz CT molecular complexity index is 3790. The summed E-state index contributed by atoms with van der Waals surface area (Å²) in [6.07, 6.45) is 27.0. The third-order valence-electron chi connectivity index (χ3n) is 25.1. The normalized spacial score (nSPS) is 34.9. The molecular formula is C78H91N3O8S4. The van der Waals surface area contributed by atoms with Crippen molar-refractivity contribution < 1.29 is 39.9 Å². The lowest BCUT2D eigenvalue weighted by atomic mass is 9.58. The SMILES string of the molecule is NC(N)c1cc2c3cc1CSSCC1CC4(C=CC(=O)CCc5ccc(O)c(c5)OCCc5ccc(O)c(c5)C3CC(=O)c3cc[nH]c3CC#C2)CC1(O)C1C=CC4CC2CC3(O)CC(CCC4CC5(CCCC5)CC43)CC3C2Cc2ccccc2C(CO)C3CSS1. The number of benzene rings is 4. The first-order valence-electron chi connectivity index (χ1n) is 34.8. The van der Waals surface area contributed by atoms with Gasteiger partial charge < -0.3 is 46.7 Å². The molecule has 490 valence electrons. The van der Waals surface area contributed by atoms with Gasteiger partial charge in [-0.15, -0.1) is 0 Å². The van der Waals surface area contributed by atoms with E-state index in [1.54, 1.807) is 39.9 Å². The Morgan fingerprint density at radius 1 is 0.753 bits per heavy atom. The molecule has 10 aliphatic rings. The van der Waals surface area contributed by atoms with Crippen LogP contribution < -0.4 is 16.2 Å². The smallest absolute Gasteiger partial charge is 0.165 e. The molecule has 0 amide bonds. The van der Waals surface area contributed by atoms with Gasteiger partial charge in [0.1, 0.15) is 5.75 Å². The lowest BCUT2D eigenvalue weighted by Gasteiger charge is -2.49. The Balaban J connectivity index is 0.823. The third-order valence-corrected chi connectivity index (χ3v) is 30.4. The molecule has 93 heavy (non-hydrogen) atoms. The Labute approximate surface area is 564 Å². The molecule has 15 rings (SSSR count). The standard InChI is InChI=1S/C78H91N3O8S4/c79-74(80)61-33-50-7-5-9-68-58(21-26-81-68)71(86)35-63-59(50)34-53(61)42-90-91-43-55-39-76(25-20-56(83)16-11-46-13-18-70(85)72(30-46)89-27-22-47-12-17-69(84)64(63)28-47)45-78(55,88)73-19-15-54(76)31-52-38-77(87)36-48(10-14-51-37-75(40-67(51)77)23-3-4-24-75)29-62-60(52)32-49-6-1-2-8-57(49)65(41-82)66(62)44-92-93-73/h1-2,6,8,12-13,15,17-21,25-26,28,30,33-34,48,51-52,54-55,60,62-63,65-67,73-74,81-82,84-85,87-88H,3-4,9-11,14,16,22-24,27,29,31-32,35-45,79-80H2. The summed E-state index contributed by atoms with van der Waals surface area (Å²) in [5.74, 6) is 10.5. The number of aryl methyl sites for hydroxylation is 1. The summed E-state index contributed by atoms with van der Waals surface area (Å²) in [5.41, 5.74) is 20.7. The van der Waals surface area contributed by atoms with Gasteiger partial charge in [0.05, 0.1) is 42.3 Å². The van der Waals surface area contributed by atoms with E-state index in [0.717, 1.165) is 77.8 Å². The second kappa shape index (κ2) is 26.2. The number of carbonyl (C=O) groups is 2. The minimum absolute atomic E-state index is 0.00137. The van der Waals surface area contributed by atoms with E-state index in [9.17, 15) is 35.1 Å². The van der Waals surface area contributed by atoms with Crippen LogP contribution in [0, 0.1) is 75.9 Å². The molecule has 0 radical (unpaired) electrons. The lowest BCUT2D eigenvalue weighted by Crippen LogP contribution is -2.48. The number of aliphatic hydroxyl groups is 3. The molecule has 5 saturated carbocycles. The van der Waals surface area contributed by atoms with Crippen molar-refractivity contribution in [1.82, 2.24) is 4.98 Å². The number of aromatic amines is 1. The first kappa shape index (κ1) is 64.2. The number of phenols is 2. The second-order valence-corrected chi connectivity index (χ2v) is 35.3. The number of aromatic hydroxyl groups is 2. The number of phenolic OH excluding ortho intramolecular Hbond substituents is 2. The van der Waals surface area contributed by atoms with E-state index in [1.807, 2.05) is 64.1 Å². The van der Waals surface area contributed by atoms with Gasteiger partial charge in [-0.25, -0.2) is 0 Å². The molecule has 8 aliphatic carbocycles. The number of carbonyl (C=O) groups excluding carboxylic acids is 2. The number of aromatic nitrogens is 1. The number of Topliss-reactive ketones (excluding diaryl/α,β-unsaturated/α-hetero) is 1. The van der Waals surface area contributed by atoms with Crippen LogP contribution in [0.2, 0.25) is 0 Å². The number of ether oxygens (including phenoxy) is 1. The molecule has 3 heterocycles. The summed E-state index contributed by atoms with van der Waals surface area (Å²) in [4.78, 5) is 32.5. The summed E-state index contributed by atoms with van der Waals surface area (Å²) in [6.45, 7) is 0.297. The van der Waals surface area contributed by atoms with Gasteiger partial charge in [0.25, 0.3) is 0 Å². The summed E-state index contributed by atoms with van der Waals surface area (Å²) >= 11 is 0. The number of H-pyrrole nitrogens is 1. The van der Waals surface area contributed by atoms with Gasteiger partial charge in [-0.05, 0) is 223 Å². The van der Waals surface area contributed by atoms with Crippen molar-refractivity contribution in [1.29, 1.82) is 0 Å². The number of nitrogens with two attached hydrogens (primary N) is 2. The van der Waals surface area contributed by atoms with Gasteiger partial charge in [0.2, 0.25) is 0 Å². The molecular weight excluding hydrogens is 1240 g/mol. The number of fused-ring (bicyclic) bond motifs is 18. The summed E-state index contributed by atoms with van der Waals surface area (Å²) < 4.78 is 6.34. The lowest BCUT2D eigenvalue weighted by molar-refractivity contribution is -0.114. The highest BCUT2D eigenvalue weighted by atomic mass is 33.1.